The molecule has 0 saturated carbocycles. The Morgan fingerprint density at radius 2 is 1.10 bits per heavy atom. The number of ketones is 1. The Hall–Kier alpha value is -3.34. The minimum atomic E-state index is -2.80. The fourth-order valence-corrected chi connectivity index (χ4v) is 20.7. The quantitative estimate of drug-likeness (QED) is 0.158. The largest absolute Gasteiger partial charge is 0.517 e. The molecule has 3 rings (SSSR count). The fraction of sp³-hybridized carbons (Fsp3) is 0.475. The van der Waals surface area contributed by atoms with E-state index in [2.05, 4.69) is 66.5 Å². The van der Waals surface area contributed by atoms with Crippen LogP contribution in [0.15, 0.2) is 91.0 Å². The van der Waals surface area contributed by atoms with E-state index in [1.165, 1.54) is 0 Å². The number of benzene rings is 3. The Morgan fingerprint density at radius 1 is 0.688 bits per heavy atom. The molecule has 3 atom stereocenters. The molecule has 0 unspecified atom stereocenters. The molecule has 3 aromatic rings. The summed E-state index contributed by atoms with van der Waals surface area (Å²) in [5, 5.41) is 2.62. The molecular formula is C40H58N2O4Si2. The number of rotatable bonds is 15. The van der Waals surface area contributed by atoms with E-state index in [4.69, 9.17) is 10.2 Å². The SMILES string of the molecule is CC(C)(C)[Si](C[Si](C)(C)C)(OC(=O)[C@H](Cc1ccccc1)NC(=O)[C@@H](CC(=O)[C@@H](N)Cc1ccccc1)Cc1ccccc1)C(C)(C)C. The van der Waals surface area contributed by atoms with Crippen LogP contribution in [0.5, 0.6) is 0 Å². The van der Waals surface area contributed by atoms with Crippen molar-refractivity contribution in [2.45, 2.75) is 115 Å². The van der Waals surface area contributed by atoms with Crippen molar-refractivity contribution >= 4 is 34.1 Å². The molecule has 1 amide bonds. The van der Waals surface area contributed by atoms with E-state index in [9.17, 15) is 14.4 Å². The lowest BCUT2D eigenvalue weighted by atomic mass is 9.89. The monoisotopic (exact) mass is 686 g/mol. The van der Waals surface area contributed by atoms with Gasteiger partial charge in [0, 0.05) is 26.8 Å². The van der Waals surface area contributed by atoms with Gasteiger partial charge in [0.2, 0.25) is 5.91 Å². The van der Waals surface area contributed by atoms with Gasteiger partial charge in [-0.2, -0.15) is 0 Å². The van der Waals surface area contributed by atoms with Crippen LogP contribution in [0.4, 0.5) is 0 Å². The van der Waals surface area contributed by atoms with Crippen molar-refractivity contribution in [3.05, 3.63) is 108 Å². The number of amides is 1. The van der Waals surface area contributed by atoms with Crippen molar-refractivity contribution in [1.82, 2.24) is 5.32 Å². The van der Waals surface area contributed by atoms with Crippen molar-refractivity contribution in [3.63, 3.8) is 0 Å². The lowest BCUT2D eigenvalue weighted by molar-refractivity contribution is -0.141. The Morgan fingerprint density at radius 3 is 1.52 bits per heavy atom. The van der Waals surface area contributed by atoms with Gasteiger partial charge in [0.25, 0.3) is 8.32 Å². The summed E-state index contributed by atoms with van der Waals surface area (Å²) in [5.41, 5.74) is 10.1. The highest BCUT2D eigenvalue weighted by Gasteiger charge is 2.59. The molecule has 260 valence electrons. The lowest BCUT2D eigenvalue weighted by Crippen LogP contribution is -2.61. The van der Waals surface area contributed by atoms with Crippen molar-refractivity contribution < 1.29 is 18.8 Å². The number of hydrogen-bond acceptors (Lipinski definition) is 5. The molecule has 0 saturated heterocycles. The minimum Gasteiger partial charge on any atom is -0.517 e. The smallest absolute Gasteiger partial charge is 0.315 e. The van der Waals surface area contributed by atoms with E-state index in [1.807, 2.05) is 91.0 Å². The normalized spacial score (nSPS) is 14.5. The van der Waals surface area contributed by atoms with Crippen molar-refractivity contribution in [2.75, 3.05) is 0 Å². The zero-order valence-corrected chi connectivity index (χ0v) is 32.6. The first-order valence-corrected chi connectivity index (χ1v) is 23.1. The molecule has 3 N–H and O–H groups in total. The topological polar surface area (TPSA) is 98.5 Å². The molecule has 0 aliphatic rings. The predicted molar refractivity (Wildman–Crippen MR) is 203 cm³/mol. The summed E-state index contributed by atoms with van der Waals surface area (Å²) in [6.07, 6.45) is 1.00. The summed E-state index contributed by atoms with van der Waals surface area (Å²) in [6, 6.07) is 27.4. The molecule has 6 nitrogen and oxygen atoms in total. The number of Topliss-reactive ketones (excluding diaryl/α,β-unsaturated/α-hetero) is 1. The van der Waals surface area contributed by atoms with Crippen LogP contribution < -0.4 is 11.1 Å². The molecule has 0 spiro atoms. The van der Waals surface area contributed by atoms with Crippen LogP contribution in [0.2, 0.25) is 35.4 Å². The highest BCUT2D eigenvalue weighted by Crippen LogP contribution is 2.55. The number of nitrogens with two attached hydrogens (primary N) is 1. The zero-order valence-electron chi connectivity index (χ0n) is 30.6. The van der Waals surface area contributed by atoms with Gasteiger partial charge in [-0.1, -0.05) is 152 Å². The molecule has 3 aromatic carbocycles. The third-order valence-electron chi connectivity index (χ3n) is 9.22. The molecule has 0 radical (unpaired) electrons. The molecule has 0 aliphatic carbocycles. The van der Waals surface area contributed by atoms with Crippen molar-refractivity contribution in [3.8, 4) is 0 Å². The van der Waals surface area contributed by atoms with E-state index in [0.29, 0.717) is 12.8 Å². The Bertz CT molecular complexity index is 1460. The maximum atomic E-state index is 14.5. The summed E-state index contributed by atoms with van der Waals surface area (Å²) in [7, 11) is -4.50. The second kappa shape index (κ2) is 16.4. The van der Waals surface area contributed by atoms with E-state index in [1.54, 1.807) is 0 Å². The van der Waals surface area contributed by atoms with Gasteiger partial charge >= 0.3 is 5.97 Å². The molecule has 0 aromatic heterocycles. The second-order valence-electron chi connectivity index (χ2n) is 16.6. The third-order valence-corrected chi connectivity index (χ3v) is 20.8. The summed E-state index contributed by atoms with van der Waals surface area (Å²) >= 11 is 0. The molecule has 0 heterocycles. The van der Waals surface area contributed by atoms with Gasteiger partial charge in [-0.3, -0.25) is 14.4 Å². The van der Waals surface area contributed by atoms with Crippen LogP contribution in [0.25, 0.3) is 0 Å². The van der Waals surface area contributed by atoms with E-state index in [-0.39, 0.29) is 34.6 Å². The predicted octanol–water partition coefficient (Wildman–Crippen LogP) is 8.07. The average Bonchev–Trinajstić information content (AvgIpc) is 2.99. The lowest BCUT2D eigenvalue weighted by Gasteiger charge is -2.52. The maximum absolute atomic E-state index is 14.5. The van der Waals surface area contributed by atoms with Crippen LogP contribution in [-0.2, 0) is 38.1 Å². The third kappa shape index (κ3) is 11.1. The zero-order chi connectivity index (χ0) is 35.8. The molecule has 48 heavy (non-hydrogen) atoms. The van der Waals surface area contributed by atoms with E-state index in [0.717, 1.165) is 22.4 Å². The molecule has 0 fully saturated rings. The summed E-state index contributed by atoms with van der Waals surface area (Å²) < 4.78 is 6.90. The molecule has 8 heteroatoms. The van der Waals surface area contributed by atoms with Gasteiger partial charge in [0.1, 0.15) is 6.04 Å². The summed E-state index contributed by atoms with van der Waals surface area (Å²) in [4.78, 5) is 42.3. The van der Waals surface area contributed by atoms with Gasteiger partial charge in [0.15, 0.2) is 5.78 Å². The van der Waals surface area contributed by atoms with E-state index >= 15 is 0 Å². The Kier molecular flexibility index (Phi) is 13.3. The van der Waals surface area contributed by atoms with Crippen LogP contribution in [-0.4, -0.2) is 46.1 Å². The van der Waals surface area contributed by atoms with Crippen molar-refractivity contribution in [2.24, 2.45) is 11.7 Å². The number of hydrogen-bond donors (Lipinski definition) is 2. The van der Waals surface area contributed by atoms with Gasteiger partial charge in [0.05, 0.1) is 6.04 Å². The van der Waals surface area contributed by atoms with Gasteiger partial charge in [-0.25, -0.2) is 0 Å². The average molecular weight is 687 g/mol. The van der Waals surface area contributed by atoms with Gasteiger partial charge in [-0.15, -0.1) is 0 Å². The standard InChI is InChI=1S/C40H58N2O4Si2/c1-39(2,3)48(40(4,5)6,29-47(7,8)9)46-38(45)35(27-32-23-17-12-18-24-32)42-37(44)33(25-30-19-13-10-14-20-30)28-36(43)34(41)26-31-21-15-11-16-22-31/h10-24,33-35H,25-29,41H2,1-9H3,(H,42,44)/t33-,34+,35+/m1/s1. The summed E-state index contributed by atoms with van der Waals surface area (Å²) in [5.74, 6) is -1.63. The van der Waals surface area contributed by atoms with E-state index < -0.39 is 40.4 Å². The second-order valence-corrected chi connectivity index (χ2v) is 28.0. The van der Waals surface area contributed by atoms with Gasteiger partial charge < -0.3 is 15.5 Å². The number of nitrogens with one attached hydrogen (secondary N) is 1. The Labute approximate surface area is 291 Å². The highest BCUT2D eigenvalue weighted by atomic mass is 28.4. The minimum absolute atomic E-state index is 0.0277. The number of carbonyl (C=O) groups is 3. The molecular weight excluding hydrogens is 629 g/mol. The fourth-order valence-electron chi connectivity index (χ4n) is 6.85. The summed E-state index contributed by atoms with van der Waals surface area (Å²) in [6.45, 7) is 20.2. The van der Waals surface area contributed by atoms with Crippen LogP contribution in [0, 0.1) is 5.92 Å². The van der Waals surface area contributed by atoms with Gasteiger partial charge in [-0.05, 0) is 45.3 Å². The van der Waals surface area contributed by atoms with Crippen LogP contribution in [0.3, 0.4) is 0 Å². The first kappa shape index (κ1) is 39.1. The molecule has 0 bridgehead atoms. The van der Waals surface area contributed by atoms with Crippen LogP contribution >= 0.6 is 0 Å². The first-order valence-electron chi connectivity index (χ1n) is 17.2. The maximum Gasteiger partial charge on any atom is 0.315 e. The van der Waals surface area contributed by atoms with Crippen molar-refractivity contribution in [1.29, 1.82) is 0 Å². The van der Waals surface area contributed by atoms with Crippen LogP contribution in [0.1, 0.15) is 64.7 Å². The highest BCUT2D eigenvalue weighted by molar-refractivity contribution is 6.96. The Balaban J connectivity index is 1.97. The molecule has 0 aliphatic heterocycles. The first-order chi connectivity index (χ1) is 22.3. The number of carbonyl (C=O) groups excluding carboxylic acids is 3.